The van der Waals surface area contributed by atoms with Crippen molar-refractivity contribution < 1.29 is 14.7 Å². The van der Waals surface area contributed by atoms with Gasteiger partial charge in [0.15, 0.2) is 0 Å². The van der Waals surface area contributed by atoms with Crippen LogP contribution in [0.5, 0.6) is 0 Å². The van der Waals surface area contributed by atoms with E-state index in [9.17, 15) is 9.59 Å². The molecule has 0 aromatic carbocycles. The molecule has 1 fully saturated rings. The molecular weight excluding hydrogens is 220 g/mol. The number of carboxylic acids is 1. The van der Waals surface area contributed by atoms with Crippen molar-refractivity contribution in [2.75, 3.05) is 6.54 Å². The summed E-state index contributed by atoms with van der Waals surface area (Å²) >= 11 is 0. The predicted octanol–water partition coefficient (Wildman–Crippen LogP) is 0.731. The Morgan fingerprint density at radius 3 is 2.47 bits per heavy atom. The van der Waals surface area contributed by atoms with Crippen LogP contribution in [0.4, 0.5) is 0 Å². The molecule has 0 radical (unpaired) electrons. The van der Waals surface area contributed by atoms with Crippen molar-refractivity contribution in [2.45, 2.75) is 45.6 Å². The van der Waals surface area contributed by atoms with Gasteiger partial charge < -0.3 is 16.2 Å². The zero-order valence-electron chi connectivity index (χ0n) is 10.5. The van der Waals surface area contributed by atoms with Crippen LogP contribution in [-0.2, 0) is 9.59 Å². The monoisotopic (exact) mass is 242 g/mol. The van der Waals surface area contributed by atoms with Crippen molar-refractivity contribution in [1.29, 1.82) is 0 Å². The van der Waals surface area contributed by atoms with E-state index in [1.54, 1.807) is 13.8 Å². The number of rotatable bonds is 4. The Kier molecular flexibility index (Phi) is 4.51. The fourth-order valence-electron chi connectivity index (χ4n) is 2.06. The van der Waals surface area contributed by atoms with Crippen molar-refractivity contribution in [3.63, 3.8) is 0 Å². The molecule has 1 saturated carbocycles. The number of hydrogen-bond acceptors (Lipinski definition) is 3. The third-order valence-electron chi connectivity index (χ3n) is 3.52. The summed E-state index contributed by atoms with van der Waals surface area (Å²) in [4.78, 5) is 23.0. The summed E-state index contributed by atoms with van der Waals surface area (Å²) in [6.07, 6.45) is 3.27. The number of carboxylic acid groups (broad SMARTS) is 1. The molecule has 2 unspecified atom stereocenters. The first-order valence-electron chi connectivity index (χ1n) is 6.12. The largest absolute Gasteiger partial charge is 0.481 e. The summed E-state index contributed by atoms with van der Waals surface area (Å²) in [7, 11) is 0. The zero-order valence-corrected chi connectivity index (χ0v) is 10.5. The summed E-state index contributed by atoms with van der Waals surface area (Å²) in [5, 5.41) is 11.9. The van der Waals surface area contributed by atoms with Crippen LogP contribution in [0.3, 0.4) is 0 Å². The van der Waals surface area contributed by atoms with Crippen LogP contribution in [-0.4, -0.2) is 29.6 Å². The molecule has 0 bridgehead atoms. The highest BCUT2D eigenvalue weighted by Crippen LogP contribution is 2.25. The molecular formula is C12H22N2O3. The Hall–Kier alpha value is -1.10. The maximum Gasteiger partial charge on any atom is 0.308 e. The second-order valence-electron chi connectivity index (χ2n) is 5.40. The van der Waals surface area contributed by atoms with Crippen molar-refractivity contribution in [3.8, 4) is 0 Å². The molecule has 0 saturated heterocycles. The van der Waals surface area contributed by atoms with Crippen molar-refractivity contribution >= 4 is 11.9 Å². The third-order valence-corrected chi connectivity index (χ3v) is 3.52. The van der Waals surface area contributed by atoms with Gasteiger partial charge in [0.1, 0.15) is 0 Å². The van der Waals surface area contributed by atoms with Gasteiger partial charge in [-0.05, 0) is 26.7 Å². The number of nitrogens with one attached hydrogen (secondary N) is 1. The first kappa shape index (κ1) is 14.0. The van der Waals surface area contributed by atoms with E-state index in [1.165, 1.54) is 0 Å². The fourth-order valence-corrected chi connectivity index (χ4v) is 2.06. The van der Waals surface area contributed by atoms with Gasteiger partial charge in [0, 0.05) is 12.6 Å². The quantitative estimate of drug-likeness (QED) is 0.677. The minimum absolute atomic E-state index is 0.154. The van der Waals surface area contributed by atoms with E-state index >= 15 is 0 Å². The first-order valence-corrected chi connectivity index (χ1v) is 6.12. The number of nitrogens with two attached hydrogens (primary N) is 1. The summed E-state index contributed by atoms with van der Waals surface area (Å²) in [5.41, 5.74) is 4.89. The van der Waals surface area contributed by atoms with Gasteiger partial charge in [0.05, 0.1) is 11.3 Å². The summed E-state index contributed by atoms with van der Waals surface area (Å²) < 4.78 is 0. The summed E-state index contributed by atoms with van der Waals surface area (Å²) in [6, 6.07) is -0.250. The van der Waals surface area contributed by atoms with Crippen LogP contribution < -0.4 is 11.1 Å². The second kappa shape index (κ2) is 5.49. The van der Waals surface area contributed by atoms with E-state index < -0.39 is 17.3 Å². The normalized spacial score (nSPS) is 25.4. The van der Waals surface area contributed by atoms with E-state index in [2.05, 4.69) is 5.32 Å². The zero-order chi connectivity index (χ0) is 13.1. The maximum atomic E-state index is 11.9. The fraction of sp³-hybridized carbons (Fsp3) is 0.833. The molecule has 1 aliphatic rings. The average molecular weight is 242 g/mol. The van der Waals surface area contributed by atoms with E-state index in [0.29, 0.717) is 6.42 Å². The Balaban J connectivity index is 2.65. The first-order chi connectivity index (χ1) is 7.88. The van der Waals surface area contributed by atoms with Gasteiger partial charge in [-0.1, -0.05) is 12.8 Å². The topological polar surface area (TPSA) is 92.4 Å². The number of amides is 1. The van der Waals surface area contributed by atoms with E-state index in [0.717, 1.165) is 19.3 Å². The summed E-state index contributed by atoms with van der Waals surface area (Å²) in [6.45, 7) is 3.78. The average Bonchev–Trinajstić information content (AvgIpc) is 2.29. The van der Waals surface area contributed by atoms with Crippen molar-refractivity contribution in [1.82, 2.24) is 5.32 Å². The van der Waals surface area contributed by atoms with Crippen LogP contribution in [0.15, 0.2) is 0 Å². The molecule has 2 atom stereocenters. The van der Waals surface area contributed by atoms with Gasteiger partial charge in [0.2, 0.25) is 5.91 Å². The Labute approximate surface area is 102 Å². The van der Waals surface area contributed by atoms with E-state index in [1.807, 2.05) is 0 Å². The molecule has 1 aliphatic carbocycles. The SMILES string of the molecule is CC(C)(CN)C(=O)NC1CCCCC1C(=O)O. The lowest BCUT2D eigenvalue weighted by Gasteiger charge is -2.32. The van der Waals surface area contributed by atoms with Gasteiger partial charge in [0.25, 0.3) is 0 Å². The Morgan fingerprint density at radius 1 is 1.35 bits per heavy atom. The van der Waals surface area contributed by atoms with E-state index in [4.69, 9.17) is 10.8 Å². The minimum Gasteiger partial charge on any atom is -0.481 e. The second-order valence-corrected chi connectivity index (χ2v) is 5.40. The maximum absolute atomic E-state index is 11.9. The molecule has 0 aliphatic heterocycles. The molecule has 0 aromatic rings. The van der Waals surface area contributed by atoms with Gasteiger partial charge in [-0.3, -0.25) is 9.59 Å². The van der Waals surface area contributed by atoms with Crippen LogP contribution in [0.2, 0.25) is 0 Å². The van der Waals surface area contributed by atoms with Crippen molar-refractivity contribution in [3.05, 3.63) is 0 Å². The molecule has 1 rings (SSSR count). The standard InChI is InChI=1S/C12H22N2O3/c1-12(2,7-13)11(17)14-9-6-4-3-5-8(9)10(15)16/h8-9H,3-7,13H2,1-2H3,(H,14,17)(H,15,16). The van der Waals surface area contributed by atoms with Crippen LogP contribution in [0.25, 0.3) is 0 Å². The van der Waals surface area contributed by atoms with Crippen LogP contribution >= 0.6 is 0 Å². The third kappa shape index (κ3) is 3.43. The van der Waals surface area contributed by atoms with Crippen LogP contribution in [0, 0.1) is 11.3 Å². The number of carbonyl (C=O) groups excluding carboxylic acids is 1. The van der Waals surface area contributed by atoms with Gasteiger partial charge in [-0.15, -0.1) is 0 Å². The molecule has 5 nitrogen and oxygen atoms in total. The highest BCUT2D eigenvalue weighted by Gasteiger charge is 2.35. The minimum atomic E-state index is -0.819. The molecule has 5 heteroatoms. The molecule has 17 heavy (non-hydrogen) atoms. The molecule has 0 heterocycles. The molecule has 4 N–H and O–H groups in total. The number of carbonyl (C=O) groups is 2. The predicted molar refractivity (Wildman–Crippen MR) is 64.4 cm³/mol. The van der Waals surface area contributed by atoms with E-state index in [-0.39, 0.29) is 18.5 Å². The molecule has 1 amide bonds. The number of aliphatic carboxylic acids is 1. The highest BCUT2D eigenvalue weighted by atomic mass is 16.4. The van der Waals surface area contributed by atoms with Gasteiger partial charge in [-0.25, -0.2) is 0 Å². The summed E-state index contributed by atoms with van der Waals surface area (Å²) in [5.74, 6) is -1.43. The molecule has 0 aromatic heterocycles. The number of hydrogen-bond donors (Lipinski definition) is 3. The van der Waals surface area contributed by atoms with Gasteiger partial charge >= 0.3 is 5.97 Å². The lowest BCUT2D eigenvalue weighted by atomic mass is 9.83. The lowest BCUT2D eigenvalue weighted by molar-refractivity contribution is -0.144. The Bertz CT molecular complexity index is 302. The molecule has 0 spiro atoms. The molecule has 98 valence electrons. The highest BCUT2D eigenvalue weighted by molar-refractivity contribution is 5.83. The lowest BCUT2D eigenvalue weighted by Crippen LogP contribution is -2.51. The van der Waals surface area contributed by atoms with Crippen molar-refractivity contribution in [2.24, 2.45) is 17.1 Å². The smallest absolute Gasteiger partial charge is 0.308 e. The van der Waals surface area contributed by atoms with Crippen LogP contribution in [0.1, 0.15) is 39.5 Å². The Morgan fingerprint density at radius 2 is 1.94 bits per heavy atom. The van der Waals surface area contributed by atoms with Gasteiger partial charge in [-0.2, -0.15) is 0 Å².